The molecule has 0 bridgehead atoms. The Hall–Kier alpha value is -1.36. The highest BCUT2D eigenvalue weighted by atomic mass is 32.2. The highest BCUT2D eigenvalue weighted by Crippen LogP contribution is 2.34. The van der Waals surface area contributed by atoms with Crippen molar-refractivity contribution in [2.45, 2.75) is 45.3 Å². The molecule has 2 rings (SSSR count). The van der Waals surface area contributed by atoms with Crippen molar-refractivity contribution in [3.8, 4) is 0 Å². The van der Waals surface area contributed by atoms with E-state index in [1.807, 2.05) is 0 Å². The molecule has 2 atom stereocenters. The molecule has 1 aliphatic carbocycles. The van der Waals surface area contributed by atoms with Crippen LogP contribution < -0.4 is 5.73 Å². The maximum atomic E-state index is 12.4. The van der Waals surface area contributed by atoms with E-state index >= 15 is 0 Å². The molecule has 0 aliphatic heterocycles. The van der Waals surface area contributed by atoms with Gasteiger partial charge in [-0.1, -0.05) is 26.0 Å². The molecule has 0 saturated heterocycles. The first-order valence-corrected chi connectivity index (χ1v) is 10.2. The van der Waals surface area contributed by atoms with Crippen LogP contribution in [0.25, 0.3) is 0 Å². The third kappa shape index (κ3) is 5.65. The maximum Gasteiger partial charge on any atom is 0.248 e. The van der Waals surface area contributed by atoms with Crippen LogP contribution in [-0.4, -0.2) is 20.1 Å². The smallest absolute Gasteiger partial charge is 0.248 e. The van der Waals surface area contributed by atoms with E-state index in [1.54, 1.807) is 24.3 Å². The van der Waals surface area contributed by atoms with Crippen LogP contribution in [-0.2, 0) is 15.6 Å². The minimum absolute atomic E-state index is 0.0219. The van der Waals surface area contributed by atoms with Crippen molar-refractivity contribution in [1.29, 1.82) is 0 Å². The lowest BCUT2D eigenvalue weighted by atomic mass is 9.76. The van der Waals surface area contributed by atoms with Crippen molar-refractivity contribution in [2.24, 2.45) is 23.5 Å². The maximum absolute atomic E-state index is 12.4. The van der Waals surface area contributed by atoms with Gasteiger partial charge in [0.05, 0.1) is 11.5 Å². The molecule has 0 aromatic heterocycles. The Kier molecular flexibility index (Phi) is 5.84. The average molecular weight is 337 g/mol. The number of hydrogen-bond donors (Lipinski definition) is 1. The van der Waals surface area contributed by atoms with Crippen LogP contribution >= 0.6 is 0 Å². The third-order valence-electron chi connectivity index (χ3n) is 4.71. The molecule has 0 unspecified atom stereocenters. The van der Waals surface area contributed by atoms with Crippen LogP contribution in [0.15, 0.2) is 24.3 Å². The average Bonchev–Trinajstić information content (AvgIpc) is 2.44. The molecule has 23 heavy (non-hydrogen) atoms. The Morgan fingerprint density at radius 1 is 1.17 bits per heavy atom. The number of carbonyl (C=O) groups is 1. The zero-order valence-electron chi connectivity index (χ0n) is 14.0. The minimum Gasteiger partial charge on any atom is -0.366 e. The Labute approximate surface area is 139 Å². The molecule has 1 saturated carbocycles. The van der Waals surface area contributed by atoms with E-state index in [4.69, 9.17) is 5.73 Å². The molecule has 0 heterocycles. The molecule has 1 aromatic rings. The van der Waals surface area contributed by atoms with E-state index < -0.39 is 15.7 Å². The summed E-state index contributed by atoms with van der Waals surface area (Å²) in [5.74, 6) is 1.57. The zero-order valence-corrected chi connectivity index (χ0v) is 14.8. The zero-order chi connectivity index (χ0) is 17.0. The van der Waals surface area contributed by atoms with Crippen molar-refractivity contribution in [3.63, 3.8) is 0 Å². The summed E-state index contributed by atoms with van der Waals surface area (Å²) >= 11 is 0. The van der Waals surface area contributed by atoms with Crippen LogP contribution in [0.2, 0.25) is 0 Å². The van der Waals surface area contributed by atoms with Gasteiger partial charge in [0.1, 0.15) is 0 Å². The Bertz CT molecular complexity index is 644. The molecule has 2 N–H and O–H groups in total. The van der Waals surface area contributed by atoms with E-state index in [2.05, 4.69) is 13.8 Å². The van der Waals surface area contributed by atoms with E-state index in [0.29, 0.717) is 28.9 Å². The van der Waals surface area contributed by atoms with Crippen LogP contribution in [0, 0.1) is 17.8 Å². The first-order valence-electron chi connectivity index (χ1n) is 8.34. The summed E-state index contributed by atoms with van der Waals surface area (Å²) in [5.41, 5.74) is 6.23. The van der Waals surface area contributed by atoms with Gasteiger partial charge in [0.15, 0.2) is 9.84 Å². The molecule has 1 amide bonds. The summed E-state index contributed by atoms with van der Waals surface area (Å²) in [5, 5.41) is 0. The molecule has 1 fully saturated rings. The normalized spacial score (nSPS) is 25.2. The lowest BCUT2D eigenvalue weighted by molar-refractivity contribution is 0.1000. The van der Waals surface area contributed by atoms with E-state index in [0.717, 1.165) is 19.3 Å². The number of rotatable bonds is 6. The van der Waals surface area contributed by atoms with Gasteiger partial charge in [0.25, 0.3) is 0 Å². The number of primary amides is 1. The fourth-order valence-electron chi connectivity index (χ4n) is 3.84. The summed E-state index contributed by atoms with van der Waals surface area (Å²) in [6.07, 6.45) is 4.27. The van der Waals surface area contributed by atoms with E-state index in [-0.39, 0.29) is 11.5 Å². The van der Waals surface area contributed by atoms with Crippen molar-refractivity contribution in [2.75, 3.05) is 5.75 Å². The fraction of sp³-hybridized carbons (Fsp3) is 0.611. The number of hydrogen-bond acceptors (Lipinski definition) is 3. The predicted molar refractivity (Wildman–Crippen MR) is 92.7 cm³/mol. The summed E-state index contributed by atoms with van der Waals surface area (Å²) in [6.45, 7) is 4.51. The van der Waals surface area contributed by atoms with Crippen LogP contribution in [0.5, 0.6) is 0 Å². The van der Waals surface area contributed by atoms with Crippen molar-refractivity contribution < 1.29 is 13.2 Å². The lowest BCUT2D eigenvalue weighted by Crippen LogP contribution is -2.22. The summed E-state index contributed by atoms with van der Waals surface area (Å²) in [6, 6.07) is 6.58. The number of sulfone groups is 1. The molecule has 0 radical (unpaired) electrons. The van der Waals surface area contributed by atoms with Gasteiger partial charge in [-0.25, -0.2) is 8.42 Å². The molecule has 1 aromatic carbocycles. The Balaban J connectivity index is 1.94. The topological polar surface area (TPSA) is 77.2 Å². The molecule has 5 heteroatoms. The van der Waals surface area contributed by atoms with Crippen molar-refractivity contribution in [1.82, 2.24) is 0 Å². The molecular weight excluding hydrogens is 310 g/mol. The van der Waals surface area contributed by atoms with E-state index in [1.165, 1.54) is 6.42 Å². The lowest BCUT2D eigenvalue weighted by Gasteiger charge is -2.31. The second-order valence-corrected chi connectivity index (χ2v) is 9.41. The SMILES string of the molecule is C[C@H]1CC(CCS(=O)(=O)Cc2cccc(C(N)=O)c2)C[C@H](C)C1. The van der Waals surface area contributed by atoms with Crippen LogP contribution in [0.4, 0.5) is 0 Å². The number of benzene rings is 1. The van der Waals surface area contributed by atoms with Gasteiger partial charge >= 0.3 is 0 Å². The fourth-order valence-corrected chi connectivity index (χ4v) is 5.36. The van der Waals surface area contributed by atoms with Crippen LogP contribution in [0.1, 0.15) is 55.5 Å². The third-order valence-corrected chi connectivity index (χ3v) is 6.34. The quantitative estimate of drug-likeness (QED) is 0.866. The second kappa shape index (κ2) is 7.47. The molecular formula is C18H27NO3S. The predicted octanol–water partition coefficient (Wildman–Crippen LogP) is 3.16. The largest absolute Gasteiger partial charge is 0.366 e. The molecule has 128 valence electrons. The highest BCUT2D eigenvalue weighted by Gasteiger charge is 2.25. The van der Waals surface area contributed by atoms with Crippen LogP contribution in [0.3, 0.4) is 0 Å². The number of nitrogens with two attached hydrogens (primary N) is 1. The Morgan fingerprint density at radius 3 is 2.43 bits per heavy atom. The standard InChI is InChI=1S/C18H27NO3S/c1-13-8-14(2)10-15(9-13)6-7-23(21,22)12-16-4-3-5-17(11-16)18(19)20/h3-5,11,13-15H,6-10,12H2,1-2H3,(H2,19,20)/t13-,14-/m1/s1. The number of amides is 1. The Morgan fingerprint density at radius 2 is 1.83 bits per heavy atom. The second-order valence-electron chi connectivity index (χ2n) is 7.23. The van der Waals surface area contributed by atoms with E-state index in [9.17, 15) is 13.2 Å². The summed E-state index contributed by atoms with van der Waals surface area (Å²) in [7, 11) is -3.16. The molecule has 0 spiro atoms. The van der Waals surface area contributed by atoms with Crippen molar-refractivity contribution in [3.05, 3.63) is 35.4 Å². The van der Waals surface area contributed by atoms with Gasteiger partial charge in [0.2, 0.25) is 5.91 Å². The van der Waals surface area contributed by atoms with Crippen molar-refractivity contribution >= 4 is 15.7 Å². The monoisotopic (exact) mass is 337 g/mol. The number of carbonyl (C=O) groups excluding carboxylic acids is 1. The molecule has 1 aliphatic rings. The van der Waals surface area contributed by atoms with Gasteiger partial charge < -0.3 is 5.73 Å². The van der Waals surface area contributed by atoms with Gasteiger partial charge in [-0.3, -0.25) is 4.79 Å². The minimum atomic E-state index is -3.16. The van der Waals surface area contributed by atoms with Gasteiger partial charge in [-0.05, 0) is 61.1 Å². The van der Waals surface area contributed by atoms with Gasteiger partial charge in [-0.2, -0.15) is 0 Å². The first kappa shape index (κ1) is 18.0. The molecule has 4 nitrogen and oxygen atoms in total. The highest BCUT2D eigenvalue weighted by molar-refractivity contribution is 7.90. The van der Waals surface area contributed by atoms with Gasteiger partial charge in [0, 0.05) is 5.56 Å². The van der Waals surface area contributed by atoms with Gasteiger partial charge in [-0.15, -0.1) is 0 Å². The summed E-state index contributed by atoms with van der Waals surface area (Å²) in [4.78, 5) is 11.2. The first-order chi connectivity index (χ1) is 10.7. The summed E-state index contributed by atoms with van der Waals surface area (Å²) < 4.78 is 24.7.